The molecule has 0 N–H and O–H groups in total. The van der Waals surface area contributed by atoms with Crippen LogP contribution in [0.4, 0.5) is 0 Å². The van der Waals surface area contributed by atoms with Crippen molar-refractivity contribution in [1.29, 1.82) is 0 Å². The van der Waals surface area contributed by atoms with Crippen LogP contribution in [-0.4, -0.2) is 20.2 Å². The third kappa shape index (κ3) is 1.88. The Bertz CT molecular complexity index is 549. The van der Waals surface area contributed by atoms with Gasteiger partial charge in [0.05, 0.1) is 5.69 Å². The first kappa shape index (κ1) is 10.9. The minimum Gasteiger partial charge on any atom is -0.197 e. The molecule has 0 spiro atoms. The summed E-state index contributed by atoms with van der Waals surface area (Å²) < 4.78 is 2.99. The van der Waals surface area contributed by atoms with Gasteiger partial charge in [0.15, 0.2) is 5.82 Å². The van der Waals surface area contributed by atoms with Gasteiger partial charge in [-0.3, -0.25) is 0 Å². The van der Waals surface area contributed by atoms with E-state index in [0.717, 1.165) is 16.0 Å². The number of rotatable bonds is 2. The maximum Gasteiger partial charge on any atom is 0.159 e. The van der Waals surface area contributed by atoms with Crippen LogP contribution in [0.1, 0.15) is 35.7 Å². The second-order valence-corrected chi connectivity index (χ2v) is 5.53. The lowest BCUT2D eigenvalue weighted by molar-refractivity contribution is 0.754. The molecule has 0 unspecified atom stereocenters. The van der Waals surface area contributed by atoms with Crippen molar-refractivity contribution in [3.63, 3.8) is 0 Å². The zero-order valence-electron chi connectivity index (χ0n) is 9.81. The summed E-state index contributed by atoms with van der Waals surface area (Å²) in [5.41, 5.74) is 3.48. The van der Waals surface area contributed by atoms with Gasteiger partial charge in [-0.1, -0.05) is 15.9 Å². The minimum atomic E-state index is 0.549. The summed E-state index contributed by atoms with van der Waals surface area (Å²) in [7, 11) is 0. The summed E-state index contributed by atoms with van der Waals surface area (Å²) >= 11 is 3.51. The molecule has 2 aromatic rings. The van der Waals surface area contributed by atoms with Gasteiger partial charge in [0.2, 0.25) is 0 Å². The fraction of sp³-hybridized carbons (Fsp3) is 0.417. The molecule has 3 rings (SSSR count). The van der Waals surface area contributed by atoms with Crippen LogP contribution in [0, 0.1) is 13.8 Å². The summed E-state index contributed by atoms with van der Waals surface area (Å²) in [5, 5.41) is 12.1. The van der Waals surface area contributed by atoms with Crippen LogP contribution in [0.2, 0.25) is 0 Å². The number of hydrogen-bond donors (Lipinski definition) is 0. The van der Waals surface area contributed by atoms with Crippen LogP contribution >= 0.6 is 15.9 Å². The molecule has 17 heavy (non-hydrogen) atoms. The molecule has 0 aliphatic heterocycles. The molecule has 0 atom stereocenters. The lowest BCUT2D eigenvalue weighted by Crippen LogP contribution is -2.06. The zero-order valence-corrected chi connectivity index (χ0v) is 11.4. The van der Waals surface area contributed by atoms with Crippen LogP contribution in [-0.2, 0) is 0 Å². The van der Waals surface area contributed by atoms with E-state index in [2.05, 4.69) is 57.4 Å². The van der Waals surface area contributed by atoms with Crippen LogP contribution in [0.3, 0.4) is 0 Å². The highest BCUT2D eigenvalue weighted by Gasteiger charge is 2.30. The number of benzene rings is 1. The SMILES string of the molecule is Cc1cc(Br)cc(C)c1-n1nnnc1C1CC1. The molecule has 1 saturated carbocycles. The largest absolute Gasteiger partial charge is 0.197 e. The van der Waals surface area contributed by atoms with E-state index < -0.39 is 0 Å². The van der Waals surface area contributed by atoms with Gasteiger partial charge in [-0.15, -0.1) is 5.10 Å². The molecule has 0 bridgehead atoms. The van der Waals surface area contributed by atoms with Gasteiger partial charge in [-0.25, -0.2) is 0 Å². The third-order valence-electron chi connectivity index (χ3n) is 3.10. The van der Waals surface area contributed by atoms with Gasteiger partial charge in [0, 0.05) is 10.4 Å². The predicted octanol–water partition coefficient (Wildman–Crippen LogP) is 2.92. The molecule has 0 saturated heterocycles. The highest BCUT2D eigenvalue weighted by Crippen LogP contribution is 2.39. The van der Waals surface area contributed by atoms with Gasteiger partial charge < -0.3 is 0 Å². The first-order valence-electron chi connectivity index (χ1n) is 5.72. The highest BCUT2D eigenvalue weighted by molar-refractivity contribution is 9.10. The highest BCUT2D eigenvalue weighted by atomic mass is 79.9. The summed E-state index contributed by atoms with van der Waals surface area (Å²) in [6.07, 6.45) is 2.41. The molecular weight excluding hydrogens is 280 g/mol. The van der Waals surface area contributed by atoms with Crippen molar-refractivity contribution in [1.82, 2.24) is 20.2 Å². The van der Waals surface area contributed by atoms with Gasteiger partial charge in [0.1, 0.15) is 0 Å². The second kappa shape index (κ2) is 3.91. The lowest BCUT2D eigenvalue weighted by atomic mass is 10.1. The van der Waals surface area contributed by atoms with Crippen LogP contribution in [0.5, 0.6) is 0 Å². The van der Waals surface area contributed by atoms with E-state index >= 15 is 0 Å². The summed E-state index contributed by atoms with van der Waals surface area (Å²) in [4.78, 5) is 0. The van der Waals surface area contributed by atoms with Gasteiger partial charge >= 0.3 is 0 Å². The van der Waals surface area contributed by atoms with Crippen molar-refractivity contribution in [3.05, 3.63) is 33.6 Å². The van der Waals surface area contributed by atoms with Crippen molar-refractivity contribution >= 4 is 15.9 Å². The van der Waals surface area contributed by atoms with Crippen molar-refractivity contribution in [3.8, 4) is 5.69 Å². The molecule has 5 heteroatoms. The average molecular weight is 293 g/mol. The molecule has 1 aromatic heterocycles. The Morgan fingerprint density at radius 1 is 1.24 bits per heavy atom. The summed E-state index contributed by atoms with van der Waals surface area (Å²) in [6.45, 7) is 4.18. The summed E-state index contributed by atoms with van der Waals surface area (Å²) in [6, 6.07) is 4.20. The van der Waals surface area contributed by atoms with Crippen LogP contribution in [0.15, 0.2) is 16.6 Å². The number of halogens is 1. The predicted molar refractivity (Wildman–Crippen MR) is 68.3 cm³/mol. The quantitative estimate of drug-likeness (QED) is 0.855. The lowest BCUT2D eigenvalue weighted by Gasteiger charge is -2.11. The first-order chi connectivity index (χ1) is 8.16. The smallest absolute Gasteiger partial charge is 0.159 e. The Labute approximate surface area is 108 Å². The Kier molecular flexibility index (Phi) is 2.50. The normalized spacial score (nSPS) is 15.2. The fourth-order valence-electron chi connectivity index (χ4n) is 2.19. The Morgan fingerprint density at radius 2 is 1.88 bits per heavy atom. The number of tetrazole rings is 1. The molecule has 1 aromatic carbocycles. The maximum atomic E-state index is 4.15. The topological polar surface area (TPSA) is 43.6 Å². The average Bonchev–Trinajstić information content (AvgIpc) is 2.98. The molecule has 4 nitrogen and oxygen atoms in total. The number of aromatic nitrogens is 4. The molecule has 1 heterocycles. The van der Waals surface area contributed by atoms with Crippen molar-refractivity contribution in [2.45, 2.75) is 32.6 Å². The summed E-state index contributed by atoms with van der Waals surface area (Å²) in [5.74, 6) is 1.55. The van der Waals surface area contributed by atoms with Gasteiger partial charge in [0.25, 0.3) is 0 Å². The van der Waals surface area contributed by atoms with E-state index in [1.807, 2.05) is 4.68 Å². The van der Waals surface area contributed by atoms with E-state index in [1.165, 1.54) is 24.0 Å². The number of aryl methyl sites for hydroxylation is 2. The number of hydrogen-bond acceptors (Lipinski definition) is 3. The van der Waals surface area contributed by atoms with E-state index in [-0.39, 0.29) is 0 Å². The molecule has 0 radical (unpaired) electrons. The van der Waals surface area contributed by atoms with E-state index in [0.29, 0.717) is 5.92 Å². The van der Waals surface area contributed by atoms with Gasteiger partial charge in [-0.05, 0) is 60.4 Å². The zero-order chi connectivity index (χ0) is 12.0. The standard InChI is InChI=1S/C12H13BrN4/c1-7-5-10(13)6-8(2)11(7)17-12(9-3-4-9)14-15-16-17/h5-6,9H,3-4H2,1-2H3. The Hall–Kier alpha value is -1.23. The maximum absolute atomic E-state index is 4.15. The minimum absolute atomic E-state index is 0.549. The molecule has 88 valence electrons. The molecule has 1 aliphatic carbocycles. The molecule has 1 fully saturated rings. The van der Waals surface area contributed by atoms with E-state index in [4.69, 9.17) is 0 Å². The second-order valence-electron chi connectivity index (χ2n) is 4.61. The molecule has 1 aliphatic rings. The van der Waals surface area contributed by atoms with Crippen LogP contribution in [0.25, 0.3) is 5.69 Å². The fourth-order valence-corrected chi connectivity index (χ4v) is 2.87. The Balaban J connectivity index is 2.17. The number of nitrogens with zero attached hydrogens (tertiary/aromatic N) is 4. The van der Waals surface area contributed by atoms with Crippen molar-refractivity contribution in [2.75, 3.05) is 0 Å². The van der Waals surface area contributed by atoms with E-state index in [1.54, 1.807) is 0 Å². The van der Waals surface area contributed by atoms with Crippen molar-refractivity contribution in [2.24, 2.45) is 0 Å². The third-order valence-corrected chi connectivity index (χ3v) is 3.56. The van der Waals surface area contributed by atoms with Gasteiger partial charge in [-0.2, -0.15) is 4.68 Å². The van der Waals surface area contributed by atoms with Crippen molar-refractivity contribution < 1.29 is 0 Å². The van der Waals surface area contributed by atoms with E-state index in [9.17, 15) is 0 Å². The monoisotopic (exact) mass is 292 g/mol. The first-order valence-corrected chi connectivity index (χ1v) is 6.51. The molecule has 0 amide bonds. The molecular formula is C12H13BrN4. The van der Waals surface area contributed by atoms with Crippen LogP contribution < -0.4 is 0 Å². The Morgan fingerprint density at radius 3 is 2.47 bits per heavy atom.